The minimum absolute atomic E-state index is 0.107. The number of aryl methyl sites for hydroxylation is 1. The van der Waals surface area contributed by atoms with E-state index in [1.807, 2.05) is 0 Å². The molecule has 1 saturated carbocycles. The Morgan fingerprint density at radius 2 is 2.12 bits per heavy atom. The first kappa shape index (κ1) is 19.4. The molecule has 0 atom stereocenters. The van der Waals surface area contributed by atoms with Gasteiger partial charge in [0.1, 0.15) is 0 Å². The number of nitrogens with zero attached hydrogens (tertiary/aromatic N) is 3. The molecule has 0 aliphatic heterocycles. The zero-order valence-corrected chi connectivity index (χ0v) is 17.3. The van der Waals surface area contributed by atoms with Crippen molar-refractivity contribution >= 4 is 29.0 Å². The van der Waals surface area contributed by atoms with E-state index in [9.17, 15) is 4.79 Å². The molecule has 142 valence electrons. The van der Waals surface area contributed by atoms with Gasteiger partial charge in [-0.1, -0.05) is 44.9 Å². The van der Waals surface area contributed by atoms with Crippen molar-refractivity contribution in [2.75, 3.05) is 5.75 Å². The number of carbonyl (C=O) groups is 1. The smallest absolute Gasteiger partial charge is 0.230 e. The molecule has 0 spiro atoms. The molecule has 0 aromatic carbocycles. The van der Waals surface area contributed by atoms with Crippen molar-refractivity contribution in [3.63, 3.8) is 0 Å². The number of carbonyl (C=O) groups excluding carboxylic acids is 1. The number of thioether (sulfide) groups is 1. The fraction of sp³-hybridized carbons (Fsp3) is 0.632. The van der Waals surface area contributed by atoms with E-state index >= 15 is 0 Å². The van der Waals surface area contributed by atoms with Crippen molar-refractivity contribution in [1.82, 2.24) is 20.1 Å². The van der Waals surface area contributed by atoms with E-state index in [2.05, 4.69) is 45.4 Å². The van der Waals surface area contributed by atoms with Gasteiger partial charge in [-0.25, -0.2) is 0 Å². The van der Waals surface area contributed by atoms with Gasteiger partial charge in [-0.3, -0.25) is 4.79 Å². The van der Waals surface area contributed by atoms with Gasteiger partial charge in [0.05, 0.1) is 5.75 Å². The summed E-state index contributed by atoms with van der Waals surface area (Å²) in [6.45, 7) is 5.22. The van der Waals surface area contributed by atoms with Gasteiger partial charge < -0.3 is 9.88 Å². The Hall–Kier alpha value is -1.34. The van der Waals surface area contributed by atoms with Crippen LogP contribution in [0.25, 0.3) is 11.4 Å². The molecular weight excluding hydrogens is 364 g/mol. The van der Waals surface area contributed by atoms with Gasteiger partial charge in [-0.05, 0) is 31.7 Å². The summed E-state index contributed by atoms with van der Waals surface area (Å²) in [7, 11) is 0. The standard InChI is InChI=1S/C19H28N4OS2/c1-3-7-16-11-14(12-25-16)18-21-22-19(23(18)10-4-2)26-13-17(24)20-15-8-5-6-9-15/h11-12,15H,3-10,13H2,1-2H3,(H,20,24). The molecule has 0 saturated heterocycles. The summed E-state index contributed by atoms with van der Waals surface area (Å²) < 4.78 is 2.16. The molecule has 1 N–H and O–H groups in total. The second-order valence-electron chi connectivity index (χ2n) is 6.85. The van der Waals surface area contributed by atoms with Crippen molar-refractivity contribution in [1.29, 1.82) is 0 Å². The van der Waals surface area contributed by atoms with E-state index in [0.717, 1.165) is 55.2 Å². The molecule has 1 aliphatic carbocycles. The van der Waals surface area contributed by atoms with Crippen LogP contribution in [0.4, 0.5) is 0 Å². The fourth-order valence-electron chi connectivity index (χ4n) is 3.38. The van der Waals surface area contributed by atoms with E-state index in [1.165, 1.54) is 29.5 Å². The first-order valence-electron chi connectivity index (χ1n) is 9.64. The average molecular weight is 393 g/mol. The minimum atomic E-state index is 0.107. The highest BCUT2D eigenvalue weighted by Crippen LogP contribution is 2.28. The molecule has 0 bridgehead atoms. The first-order chi connectivity index (χ1) is 12.7. The maximum atomic E-state index is 12.2. The Balaban J connectivity index is 1.66. The number of hydrogen-bond donors (Lipinski definition) is 1. The van der Waals surface area contributed by atoms with Crippen LogP contribution in [-0.4, -0.2) is 32.5 Å². The third kappa shape index (κ3) is 4.88. The molecule has 26 heavy (non-hydrogen) atoms. The van der Waals surface area contributed by atoms with Crippen LogP contribution in [-0.2, 0) is 17.8 Å². The summed E-state index contributed by atoms with van der Waals surface area (Å²) >= 11 is 3.28. The van der Waals surface area contributed by atoms with Gasteiger partial charge in [-0.15, -0.1) is 21.5 Å². The Morgan fingerprint density at radius 3 is 2.85 bits per heavy atom. The highest BCUT2D eigenvalue weighted by molar-refractivity contribution is 7.99. The van der Waals surface area contributed by atoms with Gasteiger partial charge >= 0.3 is 0 Å². The highest BCUT2D eigenvalue weighted by Gasteiger charge is 2.19. The molecule has 1 aliphatic rings. The van der Waals surface area contributed by atoms with Crippen molar-refractivity contribution < 1.29 is 4.79 Å². The molecule has 0 radical (unpaired) electrons. The Labute approximate surface area is 164 Å². The molecular formula is C19H28N4OS2. The van der Waals surface area contributed by atoms with Crippen LogP contribution in [0.15, 0.2) is 16.6 Å². The molecule has 7 heteroatoms. The third-order valence-corrected chi connectivity index (χ3v) is 6.59. The predicted molar refractivity (Wildman–Crippen MR) is 109 cm³/mol. The van der Waals surface area contributed by atoms with E-state index in [-0.39, 0.29) is 5.91 Å². The lowest BCUT2D eigenvalue weighted by Crippen LogP contribution is -2.33. The second kappa shape index (κ2) is 9.55. The van der Waals surface area contributed by atoms with E-state index in [4.69, 9.17) is 0 Å². The highest BCUT2D eigenvalue weighted by atomic mass is 32.2. The van der Waals surface area contributed by atoms with Crippen LogP contribution < -0.4 is 5.32 Å². The van der Waals surface area contributed by atoms with Crippen LogP contribution in [0.3, 0.4) is 0 Å². The summed E-state index contributed by atoms with van der Waals surface area (Å²) in [5, 5.41) is 14.9. The maximum Gasteiger partial charge on any atom is 0.230 e. The van der Waals surface area contributed by atoms with Gasteiger partial charge in [0.15, 0.2) is 11.0 Å². The topological polar surface area (TPSA) is 59.8 Å². The van der Waals surface area contributed by atoms with E-state index < -0.39 is 0 Å². The first-order valence-corrected chi connectivity index (χ1v) is 11.5. The van der Waals surface area contributed by atoms with Crippen molar-refractivity contribution in [3.8, 4) is 11.4 Å². The summed E-state index contributed by atoms with van der Waals surface area (Å²) in [6, 6.07) is 2.60. The van der Waals surface area contributed by atoms with Crippen LogP contribution >= 0.6 is 23.1 Å². The quantitative estimate of drug-likeness (QED) is 0.637. The molecule has 1 fully saturated rings. The van der Waals surface area contributed by atoms with E-state index in [1.54, 1.807) is 11.3 Å². The average Bonchev–Trinajstić information content (AvgIpc) is 3.35. The van der Waals surface area contributed by atoms with Gasteiger partial charge in [0, 0.05) is 28.4 Å². The summed E-state index contributed by atoms with van der Waals surface area (Å²) in [5.74, 6) is 1.43. The molecule has 1 amide bonds. The Bertz CT molecular complexity index is 719. The van der Waals surface area contributed by atoms with Crippen LogP contribution in [0.5, 0.6) is 0 Å². The number of rotatable bonds is 9. The van der Waals surface area contributed by atoms with Crippen molar-refractivity contribution in [2.45, 2.75) is 76.5 Å². The van der Waals surface area contributed by atoms with Gasteiger partial charge in [-0.2, -0.15) is 0 Å². The minimum Gasteiger partial charge on any atom is -0.353 e. The lowest BCUT2D eigenvalue weighted by Gasteiger charge is -2.12. The second-order valence-corrected chi connectivity index (χ2v) is 8.79. The number of aromatic nitrogens is 3. The lowest BCUT2D eigenvalue weighted by atomic mass is 10.2. The van der Waals surface area contributed by atoms with Crippen LogP contribution in [0, 0.1) is 0 Å². The summed E-state index contributed by atoms with van der Waals surface area (Å²) in [6.07, 6.45) is 7.96. The van der Waals surface area contributed by atoms with E-state index in [0.29, 0.717) is 11.8 Å². The Kier molecular flexibility index (Phi) is 7.14. The number of amides is 1. The zero-order valence-electron chi connectivity index (χ0n) is 15.7. The molecule has 2 aromatic heterocycles. The fourth-order valence-corrected chi connectivity index (χ4v) is 5.12. The molecule has 3 rings (SSSR count). The number of nitrogens with one attached hydrogen (secondary N) is 1. The summed E-state index contributed by atoms with van der Waals surface area (Å²) in [5.41, 5.74) is 1.14. The van der Waals surface area contributed by atoms with Crippen LogP contribution in [0.2, 0.25) is 0 Å². The molecule has 2 aromatic rings. The summed E-state index contributed by atoms with van der Waals surface area (Å²) in [4.78, 5) is 13.6. The largest absolute Gasteiger partial charge is 0.353 e. The van der Waals surface area contributed by atoms with Gasteiger partial charge in [0.25, 0.3) is 0 Å². The zero-order chi connectivity index (χ0) is 18.4. The lowest BCUT2D eigenvalue weighted by molar-refractivity contribution is -0.119. The van der Waals surface area contributed by atoms with Crippen molar-refractivity contribution in [2.24, 2.45) is 0 Å². The van der Waals surface area contributed by atoms with Crippen LogP contribution in [0.1, 0.15) is 57.2 Å². The molecule has 5 nitrogen and oxygen atoms in total. The number of hydrogen-bond acceptors (Lipinski definition) is 5. The third-order valence-electron chi connectivity index (χ3n) is 4.63. The number of thiophene rings is 1. The Morgan fingerprint density at radius 1 is 1.31 bits per heavy atom. The SMILES string of the molecule is CCCc1cc(-c2nnc(SCC(=O)NC3CCCC3)n2CCC)cs1. The van der Waals surface area contributed by atoms with Gasteiger partial charge in [0.2, 0.25) is 5.91 Å². The van der Waals surface area contributed by atoms with Crippen molar-refractivity contribution in [3.05, 3.63) is 16.3 Å². The normalized spacial score (nSPS) is 14.8. The molecule has 0 unspecified atom stereocenters. The monoisotopic (exact) mass is 392 g/mol. The molecule has 2 heterocycles. The maximum absolute atomic E-state index is 12.2. The predicted octanol–water partition coefficient (Wildman–Crippen LogP) is 4.52.